The van der Waals surface area contributed by atoms with E-state index < -0.39 is 129 Å². The number of carbonyl (C=O) groups excluding carboxylic acids is 4. The SMILES string of the molecule is CC[C@@H]1[C@@H]2CN(C(=O)[C@H](C(C)(C)C)NC(=O)O[C@@H]3C[C@H]3CCCCC(F)(F)c3nc4ccc(OC)cc4nc3O2)[C@@H]1C(=O)N[C@]1(C(=O)NS(=O)(=O)C2(C)CC2)C[C@H]1C(F)F.[H-].[Na+]. The van der Waals surface area contributed by atoms with Crippen molar-refractivity contribution in [1.29, 1.82) is 0 Å². The van der Waals surface area contributed by atoms with Crippen LogP contribution < -0.4 is 54.4 Å². The molecule has 5 aliphatic rings. The van der Waals surface area contributed by atoms with Crippen molar-refractivity contribution in [3.8, 4) is 11.6 Å². The minimum Gasteiger partial charge on any atom is -1.00 e. The Hall–Kier alpha value is -3.49. The quantitative estimate of drug-likeness (QED) is 0.260. The number of nitrogens with one attached hydrogen (secondary N) is 3. The summed E-state index contributed by atoms with van der Waals surface area (Å²) in [4.78, 5) is 66.3. The Bertz CT molecular complexity index is 2180. The van der Waals surface area contributed by atoms with Crippen molar-refractivity contribution >= 4 is 44.9 Å². The average molecular weight is 893 g/mol. The first-order chi connectivity index (χ1) is 28.0. The van der Waals surface area contributed by atoms with E-state index in [1.807, 2.05) is 4.72 Å². The van der Waals surface area contributed by atoms with Crippen LogP contribution in [0.5, 0.6) is 11.6 Å². The number of hydrogen-bond donors (Lipinski definition) is 3. The largest absolute Gasteiger partial charge is 1.00 e. The third-order valence-corrected chi connectivity index (χ3v) is 14.9. The zero-order valence-electron chi connectivity index (χ0n) is 36.4. The van der Waals surface area contributed by atoms with Gasteiger partial charge in [-0.3, -0.25) is 19.1 Å². The Morgan fingerprint density at radius 3 is 2.39 bits per heavy atom. The molecule has 7 rings (SSSR count). The molecule has 21 heteroatoms. The smallest absolute Gasteiger partial charge is 1.00 e. The van der Waals surface area contributed by atoms with Crippen molar-refractivity contribution in [2.75, 3.05) is 13.7 Å². The Morgan fingerprint density at radius 2 is 1.79 bits per heavy atom. The number of alkyl halides is 4. The number of hydrogen-bond acceptors (Lipinski definition) is 11. The molecule has 1 aromatic carbocycles. The van der Waals surface area contributed by atoms with E-state index in [0.717, 1.165) is 4.90 Å². The average Bonchev–Trinajstić information content (AvgIpc) is 4.12. The van der Waals surface area contributed by atoms with Crippen LogP contribution in [0.2, 0.25) is 0 Å². The molecule has 2 aliphatic heterocycles. The molecule has 0 spiro atoms. The van der Waals surface area contributed by atoms with E-state index in [2.05, 4.69) is 20.6 Å². The molecule has 332 valence electrons. The van der Waals surface area contributed by atoms with Crippen LogP contribution in [-0.2, 0) is 35.1 Å². The van der Waals surface area contributed by atoms with Gasteiger partial charge in [-0.2, -0.15) is 8.78 Å². The van der Waals surface area contributed by atoms with E-state index in [0.29, 0.717) is 25.0 Å². The number of rotatable bonds is 8. The minimum absolute atomic E-state index is 0. The number of alkyl carbamates (subject to hydrolysis) is 1. The number of halogens is 4. The van der Waals surface area contributed by atoms with Gasteiger partial charge in [-0.1, -0.05) is 34.1 Å². The van der Waals surface area contributed by atoms with Gasteiger partial charge in [0, 0.05) is 18.4 Å². The molecule has 61 heavy (non-hydrogen) atoms. The van der Waals surface area contributed by atoms with Crippen LogP contribution in [0.4, 0.5) is 22.4 Å². The van der Waals surface area contributed by atoms with Gasteiger partial charge >= 0.3 is 35.7 Å². The van der Waals surface area contributed by atoms with Crippen molar-refractivity contribution < 1.29 is 90.4 Å². The number of ether oxygens (including phenoxy) is 3. The molecule has 3 aliphatic carbocycles. The predicted octanol–water partition coefficient (Wildman–Crippen LogP) is 2.07. The van der Waals surface area contributed by atoms with Crippen molar-refractivity contribution in [2.45, 2.75) is 139 Å². The predicted molar refractivity (Wildman–Crippen MR) is 208 cm³/mol. The molecule has 3 heterocycles. The van der Waals surface area contributed by atoms with Crippen LogP contribution in [0.15, 0.2) is 18.2 Å². The molecule has 4 amide bonds. The van der Waals surface area contributed by atoms with Gasteiger partial charge in [-0.05, 0) is 75.3 Å². The summed E-state index contributed by atoms with van der Waals surface area (Å²) in [5.41, 5.74) is -3.83. The number of sulfonamides is 1. The molecule has 3 saturated carbocycles. The standard InChI is InChI=1S/C40H52F4N6O9S.Na.H/c1-7-22-27-19-50(28(22)32(51)48-39(18-23(39)31(41)42)35(53)49-60(55,56)38(5)14-15-38)34(52)30(37(2,3)4)47-36(54)59-26-16-20(26)10-8-9-13-40(43,44)29-33(58-27)46-25-17-21(57-6)11-12-24(25)45-29;;/h11-12,17,20,22-23,26-28,30-31H,7-10,13-16,18-19H2,1-6H3,(H,47,54)(H,48,51)(H,49,53);;/q;+1;-1/t20-,22-,23+,26-,27+,28+,30-,39-;;/m1../s1. The number of methoxy groups -OCH3 is 1. The maximum atomic E-state index is 16.3. The van der Waals surface area contributed by atoms with E-state index in [1.165, 1.54) is 26.2 Å². The minimum atomic E-state index is -4.31. The Kier molecular flexibility index (Phi) is 13.0. The summed E-state index contributed by atoms with van der Waals surface area (Å²) in [6.45, 7) is 7.62. The van der Waals surface area contributed by atoms with Gasteiger partial charge in [0.1, 0.15) is 35.6 Å². The molecule has 4 fully saturated rings. The first-order valence-corrected chi connectivity index (χ1v) is 21.9. The molecule has 1 aromatic heterocycles. The molecule has 0 radical (unpaired) electrons. The summed E-state index contributed by atoms with van der Waals surface area (Å²) in [5.74, 6) is -9.85. The molecule has 3 N–H and O–H groups in total. The summed E-state index contributed by atoms with van der Waals surface area (Å²) in [6, 6.07) is 1.59. The summed E-state index contributed by atoms with van der Waals surface area (Å²) in [6.07, 6.45) is -4.91. The van der Waals surface area contributed by atoms with Gasteiger partial charge in [0.2, 0.25) is 34.1 Å². The van der Waals surface area contributed by atoms with E-state index in [4.69, 9.17) is 14.2 Å². The summed E-state index contributed by atoms with van der Waals surface area (Å²) in [7, 11) is -2.89. The van der Waals surface area contributed by atoms with Crippen molar-refractivity contribution in [2.24, 2.45) is 23.2 Å². The van der Waals surface area contributed by atoms with Crippen LogP contribution in [0.25, 0.3) is 11.0 Å². The van der Waals surface area contributed by atoms with Crippen LogP contribution in [0.1, 0.15) is 99.5 Å². The summed E-state index contributed by atoms with van der Waals surface area (Å²) < 4.78 is 105. The van der Waals surface area contributed by atoms with Crippen LogP contribution in [0, 0.1) is 23.2 Å². The molecule has 0 unspecified atom stereocenters. The molecule has 8 atom stereocenters. The van der Waals surface area contributed by atoms with E-state index in [1.54, 1.807) is 33.8 Å². The van der Waals surface area contributed by atoms with Crippen molar-refractivity contribution in [3.63, 3.8) is 0 Å². The number of fused-ring (bicyclic) bond motifs is 5. The third-order valence-electron chi connectivity index (χ3n) is 12.8. The normalized spacial score (nSPS) is 30.8. The molecule has 15 nitrogen and oxygen atoms in total. The molecule has 1 saturated heterocycles. The van der Waals surface area contributed by atoms with E-state index in [9.17, 15) is 36.4 Å². The first-order valence-electron chi connectivity index (χ1n) is 20.4. The Morgan fingerprint density at radius 1 is 1.08 bits per heavy atom. The fraction of sp³-hybridized carbons (Fsp3) is 0.700. The van der Waals surface area contributed by atoms with Gasteiger partial charge < -0.3 is 31.2 Å². The Labute approximate surface area is 375 Å². The van der Waals surface area contributed by atoms with Crippen LogP contribution >= 0.6 is 0 Å². The van der Waals surface area contributed by atoms with E-state index in [-0.39, 0.29) is 73.6 Å². The van der Waals surface area contributed by atoms with Crippen LogP contribution in [0.3, 0.4) is 0 Å². The zero-order valence-corrected chi connectivity index (χ0v) is 38.2. The number of amides is 4. The first kappa shape index (κ1) is 47.0. The number of aromatic nitrogens is 2. The van der Waals surface area contributed by atoms with E-state index >= 15 is 8.78 Å². The topological polar surface area (TPSA) is 195 Å². The third kappa shape index (κ3) is 9.28. The summed E-state index contributed by atoms with van der Waals surface area (Å²) >= 11 is 0. The Balaban J connectivity index is 0.00000363. The van der Waals surface area contributed by atoms with Crippen molar-refractivity contribution in [3.05, 3.63) is 23.9 Å². The van der Waals surface area contributed by atoms with Gasteiger partial charge in [0.05, 0.1) is 35.4 Å². The van der Waals surface area contributed by atoms with Crippen molar-refractivity contribution in [1.82, 2.24) is 30.2 Å². The fourth-order valence-electron chi connectivity index (χ4n) is 8.43. The molecule has 2 aromatic rings. The molecule has 2 bridgehead atoms. The summed E-state index contributed by atoms with van der Waals surface area (Å²) in [5, 5.41) is 5.06. The van der Waals surface area contributed by atoms with Gasteiger partial charge in [0.15, 0.2) is 5.69 Å². The van der Waals surface area contributed by atoms with Gasteiger partial charge in [0.25, 0.3) is 11.8 Å². The molecular formula is C40H53F4N6NaO9S. The fourth-order valence-corrected chi connectivity index (χ4v) is 9.74. The van der Waals surface area contributed by atoms with Gasteiger partial charge in [-0.15, -0.1) is 0 Å². The van der Waals surface area contributed by atoms with Crippen LogP contribution in [-0.4, -0.2) is 102 Å². The maximum absolute atomic E-state index is 16.3. The number of benzene rings is 1. The monoisotopic (exact) mass is 892 g/mol. The number of nitrogens with zero attached hydrogens (tertiary/aromatic N) is 3. The second kappa shape index (κ2) is 16.9. The maximum Gasteiger partial charge on any atom is 1.00 e. The molecular weight excluding hydrogens is 840 g/mol. The van der Waals surface area contributed by atoms with Gasteiger partial charge in [-0.25, -0.2) is 32.0 Å². The number of carbonyl (C=O) groups is 4. The zero-order chi connectivity index (χ0) is 43.7. The second-order valence-electron chi connectivity index (χ2n) is 18.2. The second-order valence-corrected chi connectivity index (χ2v) is 20.4.